The number of rotatable bonds is 7. The Morgan fingerprint density at radius 3 is 2.47 bits per heavy atom. The molecule has 1 N–H and O–H groups in total. The molecule has 0 aliphatic carbocycles. The molecule has 4 aromatic rings. The number of hydrogen-bond donors (Lipinski definition) is 1. The van der Waals surface area contributed by atoms with Gasteiger partial charge in [-0.25, -0.2) is 13.4 Å². The van der Waals surface area contributed by atoms with E-state index in [4.69, 9.17) is 4.42 Å². The molecule has 0 atom stereocenters. The molecule has 0 saturated heterocycles. The van der Waals surface area contributed by atoms with Crippen LogP contribution in [0.4, 0.5) is 5.13 Å². The lowest BCUT2D eigenvalue weighted by Gasteiger charge is -2.06. The first-order valence-electron chi connectivity index (χ1n) is 10.0. The van der Waals surface area contributed by atoms with E-state index >= 15 is 0 Å². The number of carbonyl (C=O) groups excluding carboxylic acids is 1. The Morgan fingerprint density at radius 2 is 1.78 bits per heavy atom. The molecule has 164 valence electrons. The summed E-state index contributed by atoms with van der Waals surface area (Å²) in [7, 11) is -3.61. The van der Waals surface area contributed by atoms with Crippen molar-refractivity contribution in [3.05, 3.63) is 89.2 Å². The highest BCUT2D eigenvalue weighted by atomic mass is 32.2. The van der Waals surface area contributed by atoms with Crippen molar-refractivity contribution in [3.63, 3.8) is 0 Å². The molecule has 0 aliphatic rings. The number of carbonyl (C=O) groups is 1. The number of amides is 1. The summed E-state index contributed by atoms with van der Waals surface area (Å²) in [6, 6.07) is 17.8. The van der Waals surface area contributed by atoms with Gasteiger partial charge in [0.25, 0.3) is 5.91 Å². The molecule has 2 aromatic heterocycles. The van der Waals surface area contributed by atoms with Crippen LogP contribution in [-0.2, 0) is 15.6 Å². The Balaban J connectivity index is 1.48. The summed E-state index contributed by atoms with van der Waals surface area (Å²) in [5.74, 6) is -0.462. The number of benzene rings is 2. The first kappa shape index (κ1) is 22.0. The molecule has 2 aromatic carbocycles. The van der Waals surface area contributed by atoms with Crippen molar-refractivity contribution in [2.45, 2.75) is 30.4 Å². The third-order valence-electron chi connectivity index (χ3n) is 5.00. The molecule has 0 saturated carbocycles. The molecule has 6 nitrogen and oxygen atoms in total. The topological polar surface area (TPSA) is 89.3 Å². The van der Waals surface area contributed by atoms with Crippen molar-refractivity contribution in [2.24, 2.45) is 0 Å². The van der Waals surface area contributed by atoms with Gasteiger partial charge in [-0.2, -0.15) is 0 Å². The normalized spacial score (nSPS) is 11.6. The van der Waals surface area contributed by atoms with Gasteiger partial charge in [-0.3, -0.25) is 10.1 Å². The average Bonchev–Trinajstić information content (AvgIpc) is 3.44. The Bertz CT molecular complexity index is 1320. The van der Waals surface area contributed by atoms with Crippen molar-refractivity contribution < 1.29 is 17.6 Å². The van der Waals surface area contributed by atoms with Crippen LogP contribution >= 0.6 is 11.3 Å². The van der Waals surface area contributed by atoms with Gasteiger partial charge >= 0.3 is 0 Å². The predicted octanol–water partition coefficient (Wildman–Crippen LogP) is 5.75. The molecule has 8 heteroatoms. The Kier molecular flexibility index (Phi) is 6.25. The number of hydrogen-bond acceptors (Lipinski definition) is 6. The molecule has 2 heterocycles. The Labute approximate surface area is 190 Å². The molecule has 1 amide bonds. The number of aromatic nitrogens is 1. The maximum absolute atomic E-state index is 12.8. The molecule has 0 spiro atoms. The summed E-state index contributed by atoms with van der Waals surface area (Å²) in [5.41, 5.74) is 3.26. The highest BCUT2D eigenvalue weighted by Crippen LogP contribution is 2.27. The van der Waals surface area contributed by atoms with Crippen molar-refractivity contribution in [1.29, 1.82) is 0 Å². The number of furan rings is 1. The molecule has 32 heavy (non-hydrogen) atoms. The number of nitrogens with one attached hydrogen (secondary N) is 1. The van der Waals surface area contributed by atoms with Gasteiger partial charge in [-0.1, -0.05) is 56.3 Å². The predicted molar refractivity (Wildman–Crippen MR) is 126 cm³/mol. The smallest absolute Gasteiger partial charge is 0.293 e. The second-order valence-electron chi connectivity index (χ2n) is 7.62. The lowest BCUT2D eigenvalue weighted by atomic mass is 10.0. The Hall–Kier alpha value is -3.23. The van der Waals surface area contributed by atoms with Crippen LogP contribution in [0.1, 0.15) is 41.4 Å². The summed E-state index contributed by atoms with van der Waals surface area (Å²) < 4.78 is 30.7. The minimum absolute atomic E-state index is 0.0393. The van der Waals surface area contributed by atoms with Gasteiger partial charge in [0.05, 0.1) is 22.6 Å². The summed E-state index contributed by atoms with van der Waals surface area (Å²) >= 11 is 1.29. The third-order valence-corrected chi connectivity index (χ3v) is 7.44. The lowest BCUT2D eigenvalue weighted by Crippen LogP contribution is -2.14. The average molecular weight is 467 g/mol. The quantitative estimate of drug-likeness (QED) is 0.374. The van der Waals surface area contributed by atoms with Crippen LogP contribution in [0.3, 0.4) is 0 Å². The zero-order valence-corrected chi connectivity index (χ0v) is 19.2. The van der Waals surface area contributed by atoms with E-state index in [1.165, 1.54) is 41.4 Å². The first-order chi connectivity index (χ1) is 15.3. The van der Waals surface area contributed by atoms with E-state index in [9.17, 15) is 13.2 Å². The second kappa shape index (κ2) is 9.10. The van der Waals surface area contributed by atoms with E-state index in [1.807, 2.05) is 17.5 Å². The number of anilines is 1. The Morgan fingerprint density at radius 1 is 1.06 bits per heavy atom. The fourth-order valence-corrected chi connectivity index (χ4v) is 5.31. The second-order valence-corrected chi connectivity index (χ2v) is 10.5. The third kappa shape index (κ3) is 4.81. The van der Waals surface area contributed by atoms with Crippen LogP contribution in [0.5, 0.6) is 0 Å². The zero-order chi connectivity index (χ0) is 22.7. The van der Waals surface area contributed by atoms with E-state index in [1.54, 1.807) is 18.2 Å². The molecular formula is C24H22N2O4S2. The van der Waals surface area contributed by atoms with Crippen LogP contribution in [0.15, 0.2) is 81.6 Å². The number of thiazole rings is 1. The van der Waals surface area contributed by atoms with E-state index in [0.29, 0.717) is 16.6 Å². The fourth-order valence-electron chi connectivity index (χ4n) is 3.22. The van der Waals surface area contributed by atoms with Crippen LogP contribution in [0, 0.1) is 0 Å². The van der Waals surface area contributed by atoms with Gasteiger partial charge in [0.15, 0.2) is 20.7 Å². The van der Waals surface area contributed by atoms with Crippen molar-refractivity contribution in [2.75, 3.05) is 5.32 Å². The van der Waals surface area contributed by atoms with Gasteiger partial charge in [-0.05, 0) is 29.7 Å². The maximum atomic E-state index is 12.8. The molecule has 4 rings (SSSR count). The molecular weight excluding hydrogens is 444 g/mol. The van der Waals surface area contributed by atoms with Crippen molar-refractivity contribution >= 4 is 32.2 Å². The van der Waals surface area contributed by atoms with Gasteiger partial charge in [0, 0.05) is 16.5 Å². The first-order valence-corrected chi connectivity index (χ1v) is 12.6. The molecule has 0 bridgehead atoms. The number of sulfone groups is 1. The van der Waals surface area contributed by atoms with Gasteiger partial charge in [0.1, 0.15) is 0 Å². The van der Waals surface area contributed by atoms with E-state index < -0.39 is 15.7 Å². The summed E-state index contributed by atoms with van der Waals surface area (Å²) in [6.07, 6.45) is 1.31. The molecule has 0 aliphatic heterocycles. The molecule has 0 unspecified atom stereocenters. The van der Waals surface area contributed by atoms with Crippen LogP contribution in [0.2, 0.25) is 0 Å². The summed E-state index contributed by atoms with van der Waals surface area (Å²) in [4.78, 5) is 17.4. The zero-order valence-electron chi connectivity index (χ0n) is 17.6. The highest BCUT2D eigenvalue weighted by molar-refractivity contribution is 7.90. The standard InChI is InChI=1S/C24H22N2O4S2/c1-16(2)17-8-10-18(11-9-17)21-14-31-24(25-21)26-23(27)22-19(12-13-30-22)15-32(28,29)20-6-4-3-5-7-20/h3-14,16H,15H2,1-2H3,(H,25,26,27). The monoisotopic (exact) mass is 466 g/mol. The SMILES string of the molecule is CC(C)c1ccc(-c2csc(NC(=O)c3occc3CS(=O)(=O)c3ccccc3)n2)cc1. The summed E-state index contributed by atoms with van der Waals surface area (Å²) in [6.45, 7) is 4.28. The maximum Gasteiger partial charge on any atom is 0.293 e. The van der Waals surface area contributed by atoms with Crippen LogP contribution in [0.25, 0.3) is 11.3 Å². The fraction of sp³-hybridized carbons (Fsp3) is 0.167. The van der Waals surface area contributed by atoms with Gasteiger partial charge in [-0.15, -0.1) is 11.3 Å². The lowest BCUT2D eigenvalue weighted by molar-refractivity contribution is 0.0995. The largest absolute Gasteiger partial charge is 0.459 e. The minimum Gasteiger partial charge on any atom is -0.459 e. The highest BCUT2D eigenvalue weighted by Gasteiger charge is 2.23. The van der Waals surface area contributed by atoms with Crippen LogP contribution < -0.4 is 5.32 Å². The van der Waals surface area contributed by atoms with E-state index in [2.05, 4.69) is 36.3 Å². The summed E-state index contributed by atoms with van der Waals surface area (Å²) in [5, 5.41) is 4.98. The van der Waals surface area contributed by atoms with E-state index in [-0.39, 0.29) is 16.4 Å². The van der Waals surface area contributed by atoms with Crippen molar-refractivity contribution in [1.82, 2.24) is 4.98 Å². The van der Waals surface area contributed by atoms with Gasteiger partial charge < -0.3 is 4.42 Å². The molecule has 0 fully saturated rings. The van der Waals surface area contributed by atoms with Crippen molar-refractivity contribution in [3.8, 4) is 11.3 Å². The minimum atomic E-state index is -3.61. The van der Waals surface area contributed by atoms with E-state index in [0.717, 1.165) is 11.3 Å². The number of nitrogens with zero attached hydrogens (tertiary/aromatic N) is 1. The van der Waals surface area contributed by atoms with Crippen LogP contribution in [-0.4, -0.2) is 19.3 Å². The van der Waals surface area contributed by atoms with Gasteiger partial charge in [0.2, 0.25) is 0 Å². The molecule has 0 radical (unpaired) electrons.